The maximum atomic E-state index is 5.28. The molecule has 0 saturated heterocycles. The Morgan fingerprint density at radius 1 is 1.69 bits per heavy atom. The summed E-state index contributed by atoms with van der Waals surface area (Å²) in [5.41, 5.74) is 1.25. The van der Waals surface area contributed by atoms with Crippen LogP contribution in [0.15, 0.2) is 26.8 Å². The average molecular weight is 244 g/mol. The number of hydrogen-bond donors (Lipinski definition) is 1. The minimum atomic E-state index is 0.372. The number of likely N-dealkylation sites (N-methyl/N-ethyl adjacent to an activating group) is 1. The van der Waals surface area contributed by atoms with Crippen LogP contribution in [0.3, 0.4) is 0 Å². The zero-order valence-corrected chi connectivity index (χ0v) is 9.68. The van der Waals surface area contributed by atoms with Crippen LogP contribution >= 0.6 is 15.9 Å². The van der Waals surface area contributed by atoms with E-state index in [0.717, 1.165) is 10.2 Å². The first kappa shape index (κ1) is 10.5. The first-order valence-corrected chi connectivity index (χ1v) is 5.03. The van der Waals surface area contributed by atoms with Crippen LogP contribution < -0.4 is 5.32 Å². The van der Waals surface area contributed by atoms with Crippen molar-refractivity contribution in [2.75, 3.05) is 7.05 Å². The molecule has 3 heteroatoms. The van der Waals surface area contributed by atoms with Crippen molar-refractivity contribution in [1.82, 2.24) is 5.32 Å². The van der Waals surface area contributed by atoms with E-state index in [4.69, 9.17) is 4.42 Å². The van der Waals surface area contributed by atoms with Gasteiger partial charge >= 0.3 is 0 Å². The molecule has 1 heterocycles. The molecule has 0 spiro atoms. The molecule has 0 amide bonds. The zero-order chi connectivity index (χ0) is 9.84. The summed E-state index contributed by atoms with van der Waals surface area (Å²) >= 11 is 3.41. The van der Waals surface area contributed by atoms with Crippen molar-refractivity contribution in [3.05, 3.63) is 28.1 Å². The zero-order valence-electron chi connectivity index (χ0n) is 8.10. The van der Waals surface area contributed by atoms with Crippen molar-refractivity contribution in [3.8, 4) is 0 Å². The Bertz CT molecular complexity index is 304. The topological polar surface area (TPSA) is 25.2 Å². The lowest BCUT2D eigenvalue weighted by atomic mass is 10.1. The molecule has 1 aromatic heterocycles. The summed E-state index contributed by atoms with van der Waals surface area (Å²) in [4.78, 5) is 0. The van der Waals surface area contributed by atoms with E-state index >= 15 is 0 Å². The highest BCUT2D eigenvalue weighted by molar-refractivity contribution is 9.10. The number of halogens is 1. The Morgan fingerprint density at radius 3 is 2.85 bits per heavy atom. The molecule has 0 aromatic carbocycles. The fraction of sp³-hybridized carbons (Fsp3) is 0.400. The van der Waals surface area contributed by atoms with Crippen molar-refractivity contribution in [2.45, 2.75) is 19.9 Å². The molecule has 13 heavy (non-hydrogen) atoms. The normalized spacial score (nSPS) is 14.6. The second-order valence-corrected chi connectivity index (χ2v) is 3.89. The van der Waals surface area contributed by atoms with Gasteiger partial charge in [-0.15, -0.1) is 0 Å². The summed E-state index contributed by atoms with van der Waals surface area (Å²) in [6.07, 6.45) is 3.71. The second-order valence-electron chi connectivity index (χ2n) is 3.03. The monoisotopic (exact) mass is 243 g/mol. The van der Waals surface area contributed by atoms with Crippen LogP contribution in [-0.4, -0.2) is 13.1 Å². The molecule has 0 aliphatic heterocycles. The summed E-state index contributed by atoms with van der Waals surface area (Å²) in [5.74, 6) is 0.875. The highest BCUT2D eigenvalue weighted by Crippen LogP contribution is 2.20. The Balaban J connectivity index is 2.82. The van der Waals surface area contributed by atoms with Gasteiger partial charge in [-0.2, -0.15) is 0 Å². The fourth-order valence-corrected chi connectivity index (χ4v) is 1.28. The number of nitrogens with one attached hydrogen (secondary N) is 1. The largest absolute Gasteiger partial charge is 0.464 e. The van der Waals surface area contributed by atoms with Crippen molar-refractivity contribution < 1.29 is 4.42 Å². The third-order valence-corrected chi connectivity index (χ3v) is 2.77. The first-order valence-electron chi connectivity index (χ1n) is 4.23. The summed E-state index contributed by atoms with van der Waals surface area (Å²) in [7, 11) is 1.94. The molecule has 1 unspecified atom stereocenters. The molecule has 1 atom stereocenters. The van der Waals surface area contributed by atoms with E-state index in [1.54, 1.807) is 6.26 Å². The molecule has 1 aromatic rings. The molecular formula is C10H14BrNO. The summed E-state index contributed by atoms with van der Waals surface area (Å²) in [6.45, 7) is 4.19. The van der Waals surface area contributed by atoms with Crippen molar-refractivity contribution >= 4 is 22.0 Å². The Morgan fingerprint density at radius 2 is 2.38 bits per heavy atom. The van der Waals surface area contributed by atoms with Crippen molar-refractivity contribution in [3.63, 3.8) is 0 Å². The standard InChI is InChI=1S/C10H14BrNO/c1-7(8(2)12-3)6-10-9(11)4-5-13-10/h4-6,8,12H,1-3H3/b7-6+. The van der Waals surface area contributed by atoms with Gasteiger partial charge in [-0.25, -0.2) is 0 Å². The van der Waals surface area contributed by atoms with Gasteiger partial charge in [0.05, 0.1) is 10.7 Å². The van der Waals surface area contributed by atoms with E-state index in [-0.39, 0.29) is 0 Å². The first-order chi connectivity index (χ1) is 6.15. The van der Waals surface area contributed by atoms with Crippen molar-refractivity contribution in [2.24, 2.45) is 0 Å². The van der Waals surface area contributed by atoms with E-state index < -0.39 is 0 Å². The maximum Gasteiger partial charge on any atom is 0.140 e. The summed E-state index contributed by atoms with van der Waals surface area (Å²) < 4.78 is 6.27. The van der Waals surface area contributed by atoms with Crippen LogP contribution in [0.5, 0.6) is 0 Å². The third-order valence-electron chi connectivity index (χ3n) is 2.12. The SMILES string of the molecule is CNC(C)/C(C)=C/c1occc1Br. The predicted octanol–water partition coefficient (Wildman–Crippen LogP) is 3.05. The minimum absolute atomic E-state index is 0.372. The lowest BCUT2D eigenvalue weighted by Crippen LogP contribution is -2.21. The van der Waals surface area contributed by atoms with E-state index in [9.17, 15) is 0 Å². The molecule has 0 aliphatic rings. The molecule has 0 radical (unpaired) electrons. The Labute approximate surface area is 87.1 Å². The molecule has 72 valence electrons. The number of furan rings is 1. The van der Waals surface area contributed by atoms with Gasteiger partial charge in [0.15, 0.2) is 0 Å². The van der Waals surface area contributed by atoms with Gasteiger partial charge < -0.3 is 9.73 Å². The maximum absolute atomic E-state index is 5.28. The molecule has 0 fully saturated rings. The molecule has 0 aliphatic carbocycles. The quantitative estimate of drug-likeness (QED) is 0.883. The van der Waals surface area contributed by atoms with Crippen LogP contribution in [0, 0.1) is 0 Å². The van der Waals surface area contributed by atoms with Gasteiger partial charge in [0.25, 0.3) is 0 Å². The van der Waals surface area contributed by atoms with E-state index in [1.165, 1.54) is 5.57 Å². The molecule has 0 bridgehead atoms. The van der Waals surface area contributed by atoms with Crippen LogP contribution in [-0.2, 0) is 0 Å². The van der Waals surface area contributed by atoms with Gasteiger partial charge in [-0.3, -0.25) is 0 Å². The highest BCUT2D eigenvalue weighted by atomic mass is 79.9. The molecule has 2 nitrogen and oxygen atoms in total. The number of hydrogen-bond acceptors (Lipinski definition) is 2. The fourth-order valence-electron chi connectivity index (χ4n) is 0.968. The summed E-state index contributed by atoms with van der Waals surface area (Å²) in [6, 6.07) is 2.26. The van der Waals surface area contributed by atoms with E-state index in [2.05, 4.69) is 35.1 Å². The highest BCUT2D eigenvalue weighted by Gasteiger charge is 2.04. The summed E-state index contributed by atoms with van der Waals surface area (Å²) in [5, 5.41) is 3.17. The smallest absolute Gasteiger partial charge is 0.140 e. The molecular weight excluding hydrogens is 230 g/mol. The van der Waals surface area contributed by atoms with Gasteiger partial charge in [-0.1, -0.05) is 5.57 Å². The van der Waals surface area contributed by atoms with Crippen LogP contribution in [0.2, 0.25) is 0 Å². The molecule has 1 N–H and O–H groups in total. The second kappa shape index (κ2) is 4.63. The van der Waals surface area contributed by atoms with Crippen LogP contribution in [0.1, 0.15) is 19.6 Å². The predicted molar refractivity (Wildman–Crippen MR) is 58.6 cm³/mol. The van der Waals surface area contributed by atoms with Gasteiger partial charge in [-0.05, 0) is 49.0 Å². The van der Waals surface area contributed by atoms with Gasteiger partial charge in [0.1, 0.15) is 5.76 Å². The third kappa shape index (κ3) is 2.71. The number of rotatable bonds is 3. The van der Waals surface area contributed by atoms with E-state index in [1.807, 2.05) is 19.2 Å². The molecule has 0 saturated carbocycles. The molecule has 1 rings (SSSR count). The Hall–Kier alpha value is -0.540. The lowest BCUT2D eigenvalue weighted by molar-refractivity contribution is 0.554. The van der Waals surface area contributed by atoms with Crippen LogP contribution in [0.4, 0.5) is 0 Å². The lowest BCUT2D eigenvalue weighted by Gasteiger charge is -2.09. The van der Waals surface area contributed by atoms with Gasteiger partial charge in [0, 0.05) is 6.04 Å². The Kier molecular flexibility index (Phi) is 3.75. The van der Waals surface area contributed by atoms with E-state index in [0.29, 0.717) is 6.04 Å². The van der Waals surface area contributed by atoms with Crippen molar-refractivity contribution in [1.29, 1.82) is 0 Å². The van der Waals surface area contributed by atoms with Crippen LogP contribution in [0.25, 0.3) is 6.08 Å². The van der Waals surface area contributed by atoms with Gasteiger partial charge in [0.2, 0.25) is 0 Å². The average Bonchev–Trinajstić information content (AvgIpc) is 2.50. The minimum Gasteiger partial charge on any atom is -0.464 e.